The number of aliphatic hydroxyl groups excluding tert-OH is 2. The highest BCUT2D eigenvalue weighted by molar-refractivity contribution is 5.71. The zero-order chi connectivity index (χ0) is 10.7. The molecule has 0 aromatic rings. The molecule has 6 heteroatoms. The van der Waals surface area contributed by atoms with Gasteiger partial charge in [-0.15, -0.1) is 0 Å². The fourth-order valence-corrected chi connectivity index (χ4v) is 1.25. The van der Waals surface area contributed by atoms with E-state index in [1.807, 2.05) is 0 Å². The molecule has 0 saturated carbocycles. The third-order valence-corrected chi connectivity index (χ3v) is 2.01. The number of aliphatic hydroxyl groups is 2. The number of rotatable bonds is 2. The Labute approximate surface area is 81.8 Å². The molecule has 0 radical (unpaired) electrons. The fourth-order valence-electron chi connectivity index (χ4n) is 1.25. The number of hydroxylamine groups is 1. The molecular weight excluding hydrogens is 190 g/mol. The summed E-state index contributed by atoms with van der Waals surface area (Å²) >= 11 is 0. The molecule has 6 nitrogen and oxygen atoms in total. The van der Waals surface area contributed by atoms with Crippen molar-refractivity contribution in [1.29, 1.82) is 0 Å². The maximum atomic E-state index is 10.5. The van der Waals surface area contributed by atoms with Crippen molar-refractivity contribution >= 4 is 5.91 Å². The molecule has 1 aliphatic rings. The number of carbonyl (C=O) groups is 1. The quantitative estimate of drug-likeness (QED) is 0.499. The third kappa shape index (κ3) is 2.91. The van der Waals surface area contributed by atoms with Crippen LogP contribution in [0.25, 0.3) is 0 Å². The normalized spacial score (nSPS) is 38.0. The number of amides is 1. The minimum Gasteiger partial charge on any atom is -0.390 e. The molecule has 1 unspecified atom stereocenters. The maximum Gasteiger partial charge on any atom is 0.240 e. The SMILES string of the molecule is CC(=O)NOC1C[C@H](O)[C@@H](O)[C@H](C)O1. The smallest absolute Gasteiger partial charge is 0.240 e. The van der Waals surface area contributed by atoms with Gasteiger partial charge in [-0.05, 0) is 6.92 Å². The molecule has 0 aliphatic carbocycles. The van der Waals surface area contributed by atoms with Gasteiger partial charge in [0.15, 0.2) is 6.29 Å². The van der Waals surface area contributed by atoms with Crippen LogP contribution in [0.5, 0.6) is 0 Å². The standard InChI is InChI=1S/C8H15NO5/c1-4-8(12)6(11)3-7(13-4)14-9-5(2)10/h4,6-8,11-12H,3H2,1-2H3,(H,9,10)/t4-,6-,7?,8-/m0/s1. The van der Waals surface area contributed by atoms with Crippen LogP contribution in [0.4, 0.5) is 0 Å². The van der Waals surface area contributed by atoms with Crippen LogP contribution in [-0.2, 0) is 14.4 Å². The topological polar surface area (TPSA) is 88.0 Å². The van der Waals surface area contributed by atoms with E-state index < -0.39 is 24.6 Å². The van der Waals surface area contributed by atoms with Crippen LogP contribution in [0.1, 0.15) is 20.3 Å². The molecular formula is C8H15NO5. The highest BCUT2D eigenvalue weighted by Crippen LogP contribution is 2.19. The maximum absolute atomic E-state index is 10.5. The number of ether oxygens (including phenoxy) is 1. The van der Waals surface area contributed by atoms with Crippen molar-refractivity contribution in [1.82, 2.24) is 5.48 Å². The van der Waals surface area contributed by atoms with Crippen LogP contribution in [0, 0.1) is 0 Å². The molecule has 82 valence electrons. The predicted octanol–water partition coefficient (Wildman–Crippen LogP) is -1.09. The predicted molar refractivity (Wildman–Crippen MR) is 45.9 cm³/mol. The molecule has 0 spiro atoms. The van der Waals surface area contributed by atoms with Gasteiger partial charge in [0.2, 0.25) is 5.91 Å². The first-order valence-electron chi connectivity index (χ1n) is 4.44. The molecule has 14 heavy (non-hydrogen) atoms. The van der Waals surface area contributed by atoms with Gasteiger partial charge in [-0.3, -0.25) is 4.79 Å². The largest absolute Gasteiger partial charge is 0.390 e. The van der Waals surface area contributed by atoms with Gasteiger partial charge in [0, 0.05) is 13.3 Å². The van der Waals surface area contributed by atoms with Gasteiger partial charge in [0.25, 0.3) is 0 Å². The van der Waals surface area contributed by atoms with E-state index in [-0.39, 0.29) is 12.3 Å². The van der Waals surface area contributed by atoms with Gasteiger partial charge < -0.3 is 14.9 Å². The van der Waals surface area contributed by atoms with Gasteiger partial charge in [0.1, 0.15) is 6.10 Å². The third-order valence-electron chi connectivity index (χ3n) is 2.01. The van der Waals surface area contributed by atoms with Crippen LogP contribution in [0.2, 0.25) is 0 Å². The summed E-state index contributed by atoms with van der Waals surface area (Å²) in [6, 6.07) is 0. The van der Waals surface area contributed by atoms with Gasteiger partial charge in [-0.1, -0.05) is 0 Å². The highest BCUT2D eigenvalue weighted by Gasteiger charge is 2.34. The first kappa shape index (κ1) is 11.4. The molecule has 1 fully saturated rings. The zero-order valence-corrected chi connectivity index (χ0v) is 8.14. The summed E-state index contributed by atoms with van der Waals surface area (Å²) in [5, 5.41) is 18.7. The van der Waals surface area contributed by atoms with Crippen LogP contribution in [-0.4, -0.2) is 40.7 Å². The van der Waals surface area contributed by atoms with Crippen molar-refractivity contribution in [2.24, 2.45) is 0 Å². The van der Waals surface area contributed by atoms with E-state index >= 15 is 0 Å². The molecule has 3 N–H and O–H groups in total. The average molecular weight is 205 g/mol. The van der Waals surface area contributed by atoms with E-state index in [1.165, 1.54) is 6.92 Å². The Morgan fingerprint density at radius 2 is 2.21 bits per heavy atom. The van der Waals surface area contributed by atoms with Crippen molar-refractivity contribution in [3.05, 3.63) is 0 Å². The Morgan fingerprint density at radius 3 is 2.71 bits per heavy atom. The molecule has 4 atom stereocenters. The van der Waals surface area contributed by atoms with E-state index in [9.17, 15) is 15.0 Å². The number of nitrogens with one attached hydrogen (secondary N) is 1. The summed E-state index contributed by atoms with van der Waals surface area (Å²) in [5.74, 6) is -0.345. The lowest BCUT2D eigenvalue weighted by Crippen LogP contribution is -2.49. The summed E-state index contributed by atoms with van der Waals surface area (Å²) in [5.41, 5.74) is 2.11. The van der Waals surface area contributed by atoms with E-state index in [0.717, 1.165) is 0 Å². The Hall–Kier alpha value is -0.690. The van der Waals surface area contributed by atoms with Crippen molar-refractivity contribution in [2.45, 2.75) is 44.9 Å². The number of hydrogen-bond donors (Lipinski definition) is 3. The molecule has 1 saturated heterocycles. The lowest BCUT2D eigenvalue weighted by atomic mass is 10.0. The summed E-state index contributed by atoms with van der Waals surface area (Å²) in [7, 11) is 0. The van der Waals surface area contributed by atoms with Gasteiger partial charge >= 0.3 is 0 Å². The number of hydrogen-bond acceptors (Lipinski definition) is 5. The minimum atomic E-state index is -0.910. The minimum absolute atomic E-state index is 0.131. The van der Waals surface area contributed by atoms with Crippen LogP contribution in [0.3, 0.4) is 0 Å². The van der Waals surface area contributed by atoms with E-state index in [4.69, 9.17) is 9.57 Å². The Kier molecular flexibility index (Phi) is 3.82. The van der Waals surface area contributed by atoms with Crippen molar-refractivity contribution < 1.29 is 24.6 Å². The summed E-state index contributed by atoms with van der Waals surface area (Å²) in [4.78, 5) is 15.4. The van der Waals surface area contributed by atoms with Gasteiger partial charge in [-0.2, -0.15) is 0 Å². The average Bonchev–Trinajstić information content (AvgIpc) is 2.10. The van der Waals surface area contributed by atoms with E-state index in [0.29, 0.717) is 0 Å². The molecule has 0 bridgehead atoms. The first-order valence-corrected chi connectivity index (χ1v) is 4.44. The highest BCUT2D eigenvalue weighted by atomic mass is 16.8. The van der Waals surface area contributed by atoms with Crippen molar-refractivity contribution in [2.75, 3.05) is 0 Å². The van der Waals surface area contributed by atoms with Gasteiger partial charge in [0.05, 0.1) is 12.2 Å². The van der Waals surface area contributed by atoms with Crippen LogP contribution >= 0.6 is 0 Å². The monoisotopic (exact) mass is 205 g/mol. The summed E-state index contributed by atoms with van der Waals surface area (Å²) < 4.78 is 5.17. The lowest BCUT2D eigenvalue weighted by molar-refractivity contribution is -0.262. The summed E-state index contributed by atoms with van der Waals surface area (Å²) in [6.07, 6.45) is -2.90. The second-order valence-corrected chi connectivity index (χ2v) is 3.34. The van der Waals surface area contributed by atoms with Gasteiger partial charge in [-0.25, -0.2) is 10.3 Å². The summed E-state index contributed by atoms with van der Waals surface area (Å²) in [6.45, 7) is 2.93. The van der Waals surface area contributed by atoms with Crippen LogP contribution in [0.15, 0.2) is 0 Å². The first-order chi connectivity index (χ1) is 6.50. The van der Waals surface area contributed by atoms with E-state index in [2.05, 4.69) is 5.48 Å². The second kappa shape index (κ2) is 4.70. The molecule has 0 aromatic carbocycles. The molecule has 1 rings (SSSR count). The van der Waals surface area contributed by atoms with E-state index in [1.54, 1.807) is 6.92 Å². The van der Waals surface area contributed by atoms with Crippen molar-refractivity contribution in [3.63, 3.8) is 0 Å². The molecule has 0 aromatic heterocycles. The van der Waals surface area contributed by atoms with Crippen molar-refractivity contribution in [3.8, 4) is 0 Å². The Balaban J connectivity index is 2.38. The second-order valence-electron chi connectivity index (χ2n) is 3.34. The number of carbonyl (C=O) groups excluding carboxylic acids is 1. The molecule has 1 aliphatic heterocycles. The zero-order valence-electron chi connectivity index (χ0n) is 8.14. The van der Waals surface area contributed by atoms with Crippen LogP contribution < -0.4 is 5.48 Å². The Morgan fingerprint density at radius 1 is 1.57 bits per heavy atom. The molecule has 1 heterocycles. The molecule has 1 amide bonds. The fraction of sp³-hybridized carbons (Fsp3) is 0.875. The Bertz CT molecular complexity index is 198. The lowest BCUT2D eigenvalue weighted by Gasteiger charge is -2.34.